The molecule has 1 aliphatic heterocycles. The second-order valence-corrected chi connectivity index (χ2v) is 4.86. The van der Waals surface area contributed by atoms with Crippen molar-refractivity contribution in [1.29, 1.82) is 0 Å². The fourth-order valence-electron chi connectivity index (χ4n) is 2.25. The molecular formula is C12H21N5O2. The van der Waals surface area contributed by atoms with E-state index < -0.39 is 0 Å². The Morgan fingerprint density at radius 1 is 1.53 bits per heavy atom. The van der Waals surface area contributed by atoms with Gasteiger partial charge in [0.05, 0.1) is 6.54 Å². The third-order valence-electron chi connectivity index (χ3n) is 3.30. The van der Waals surface area contributed by atoms with Gasteiger partial charge in [0.2, 0.25) is 11.8 Å². The van der Waals surface area contributed by atoms with Crippen molar-refractivity contribution in [2.45, 2.75) is 19.9 Å². The summed E-state index contributed by atoms with van der Waals surface area (Å²) in [6.07, 6.45) is 0. The van der Waals surface area contributed by atoms with Gasteiger partial charge in [-0.15, -0.1) is 0 Å². The number of likely N-dealkylation sites (N-methyl/N-ethyl adjacent to an activating group) is 2. The second kappa shape index (κ2) is 6.12. The minimum atomic E-state index is 0.0596. The molecule has 7 nitrogen and oxygen atoms in total. The van der Waals surface area contributed by atoms with Crippen LogP contribution in [-0.4, -0.2) is 65.6 Å². The molecule has 1 aromatic heterocycles. The second-order valence-electron chi connectivity index (χ2n) is 4.86. The minimum absolute atomic E-state index is 0.0596. The fourth-order valence-corrected chi connectivity index (χ4v) is 2.25. The molecule has 0 spiro atoms. The lowest BCUT2D eigenvalue weighted by atomic mass is 10.1. The van der Waals surface area contributed by atoms with Crippen LogP contribution in [0.1, 0.15) is 24.7 Å². The highest BCUT2D eigenvalue weighted by molar-refractivity contribution is 5.77. The molecule has 0 radical (unpaired) electrons. The number of carbonyl (C=O) groups is 1. The average molecular weight is 267 g/mol. The quantitative estimate of drug-likeness (QED) is 0.814. The molecule has 0 aliphatic carbocycles. The lowest BCUT2D eigenvalue weighted by Crippen LogP contribution is -2.49. The molecule has 0 saturated carbocycles. The van der Waals surface area contributed by atoms with Crippen LogP contribution in [0.4, 0.5) is 0 Å². The van der Waals surface area contributed by atoms with E-state index in [2.05, 4.69) is 25.3 Å². The first-order valence-corrected chi connectivity index (χ1v) is 6.59. The van der Waals surface area contributed by atoms with Crippen LogP contribution in [-0.2, 0) is 4.79 Å². The summed E-state index contributed by atoms with van der Waals surface area (Å²) >= 11 is 0. The van der Waals surface area contributed by atoms with Crippen molar-refractivity contribution in [1.82, 2.24) is 25.3 Å². The van der Waals surface area contributed by atoms with Crippen LogP contribution >= 0.6 is 0 Å². The van der Waals surface area contributed by atoms with Gasteiger partial charge in [0.15, 0.2) is 5.82 Å². The molecule has 1 fully saturated rings. The van der Waals surface area contributed by atoms with E-state index in [1.807, 2.05) is 20.9 Å². The van der Waals surface area contributed by atoms with Crippen molar-refractivity contribution in [3.63, 3.8) is 0 Å². The number of carbonyl (C=O) groups excluding carboxylic acids is 1. The summed E-state index contributed by atoms with van der Waals surface area (Å²) in [7, 11) is 2.04. The molecule has 0 aromatic carbocycles. The number of aromatic nitrogens is 2. The Labute approximate surface area is 112 Å². The summed E-state index contributed by atoms with van der Waals surface area (Å²) in [5.41, 5.74) is 0. The normalized spacial score (nSPS) is 21.5. The van der Waals surface area contributed by atoms with E-state index >= 15 is 0 Å². The smallest absolute Gasteiger partial charge is 0.245 e. The standard InChI is InChI=1S/C12H21N5O2/c1-4-13-11(18)8-17-6-5-16(3)10(7-17)12-14-9(2)15-19-12/h10H,4-8H2,1-3H3,(H,13,18)/t10-/m1/s1. The molecule has 1 aliphatic rings. The summed E-state index contributed by atoms with van der Waals surface area (Å²) in [4.78, 5) is 20.2. The van der Waals surface area contributed by atoms with Crippen LogP contribution in [0.25, 0.3) is 0 Å². The number of piperazine rings is 1. The van der Waals surface area contributed by atoms with E-state index in [1.54, 1.807) is 0 Å². The first kappa shape index (κ1) is 14.0. The Kier molecular flexibility index (Phi) is 4.49. The molecule has 0 bridgehead atoms. The monoisotopic (exact) mass is 267 g/mol. The Hall–Kier alpha value is -1.47. The van der Waals surface area contributed by atoms with Crippen LogP contribution in [0.15, 0.2) is 4.52 Å². The number of aryl methyl sites for hydroxylation is 1. The maximum Gasteiger partial charge on any atom is 0.245 e. The lowest BCUT2D eigenvalue weighted by molar-refractivity contribution is -0.122. The van der Waals surface area contributed by atoms with Crippen LogP contribution in [0, 0.1) is 6.92 Å². The van der Waals surface area contributed by atoms with Crippen LogP contribution < -0.4 is 5.32 Å². The summed E-state index contributed by atoms with van der Waals surface area (Å²) in [6, 6.07) is 0.0596. The van der Waals surface area contributed by atoms with Crippen LogP contribution in [0.3, 0.4) is 0 Å². The molecule has 1 N–H and O–H groups in total. The topological polar surface area (TPSA) is 74.5 Å². The van der Waals surface area contributed by atoms with Gasteiger partial charge in [0, 0.05) is 26.2 Å². The molecule has 7 heteroatoms. The van der Waals surface area contributed by atoms with E-state index in [0.717, 1.165) is 19.6 Å². The van der Waals surface area contributed by atoms with Crippen molar-refractivity contribution in [2.24, 2.45) is 0 Å². The zero-order chi connectivity index (χ0) is 13.8. The van der Waals surface area contributed by atoms with Crippen molar-refractivity contribution < 1.29 is 9.32 Å². The van der Waals surface area contributed by atoms with Crippen molar-refractivity contribution >= 4 is 5.91 Å². The van der Waals surface area contributed by atoms with Crippen molar-refractivity contribution in [2.75, 3.05) is 39.8 Å². The van der Waals surface area contributed by atoms with E-state index in [1.165, 1.54) is 0 Å². The van der Waals surface area contributed by atoms with E-state index in [-0.39, 0.29) is 11.9 Å². The lowest BCUT2D eigenvalue weighted by Gasteiger charge is -2.37. The van der Waals surface area contributed by atoms with Crippen molar-refractivity contribution in [3.8, 4) is 0 Å². The molecule has 1 aromatic rings. The fraction of sp³-hybridized carbons (Fsp3) is 0.750. The molecule has 0 unspecified atom stereocenters. The number of rotatable bonds is 4. The van der Waals surface area contributed by atoms with Gasteiger partial charge in [0.25, 0.3) is 0 Å². The van der Waals surface area contributed by atoms with Gasteiger partial charge in [-0.1, -0.05) is 5.16 Å². The number of nitrogens with one attached hydrogen (secondary N) is 1. The predicted molar refractivity (Wildman–Crippen MR) is 69.5 cm³/mol. The maximum absolute atomic E-state index is 11.6. The number of amides is 1. The highest BCUT2D eigenvalue weighted by Crippen LogP contribution is 2.22. The molecular weight excluding hydrogens is 246 g/mol. The molecule has 19 heavy (non-hydrogen) atoms. The Bertz CT molecular complexity index is 434. The van der Waals surface area contributed by atoms with Gasteiger partial charge < -0.3 is 9.84 Å². The average Bonchev–Trinajstić information content (AvgIpc) is 2.78. The zero-order valence-electron chi connectivity index (χ0n) is 11.7. The highest BCUT2D eigenvalue weighted by Gasteiger charge is 2.30. The molecule has 106 valence electrons. The summed E-state index contributed by atoms with van der Waals surface area (Å²) in [5.74, 6) is 1.33. The van der Waals surface area contributed by atoms with E-state index in [9.17, 15) is 4.79 Å². The molecule has 1 atom stereocenters. The van der Waals surface area contributed by atoms with Gasteiger partial charge >= 0.3 is 0 Å². The van der Waals surface area contributed by atoms with Gasteiger partial charge in [-0.05, 0) is 20.9 Å². The van der Waals surface area contributed by atoms with Crippen LogP contribution in [0.5, 0.6) is 0 Å². The largest absolute Gasteiger partial charge is 0.355 e. The Morgan fingerprint density at radius 3 is 2.95 bits per heavy atom. The van der Waals surface area contributed by atoms with Gasteiger partial charge in [-0.2, -0.15) is 4.98 Å². The molecule has 1 amide bonds. The first-order chi connectivity index (χ1) is 9.10. The van der Waals surface area contributed by atoms with Crippen molar-refractivity contribution in [3.05, 3.63) is 11.7 Å². The van der Waals surface area contributed by atoms with E-state index in [4.69, 9.17) is 4.52 Å². The van der Waals surface area contributed by atoms with Gasteiger partial charge in [-0.3, -0.25) is 14.6 Å². The Balaban J connectivity index is 1.98. The van der Waals surface area contributed by atoms with Gasteiger partial charge in [-0.25, -0.2) is 0 Å². The molecule has 2 rings (SSSR count). The summed E-state index contributed by atoms with van der Waals surface area (Å²) in [6.45, 7) is 7.30. The number of nitrogens with zero attached hydrogens (tertiary/aromatic N) is 4. The third-order valence-corrected chi connectivity index (χ3v) is 3.30. The number of hydrogen-bond donors (Lipinski definition) is 1. The first-order valence-electron chi connectivity index (χ1n) is 6.59. The highest BCUT2D eigenvalue weighted by atomic mass is 16.5. The minimum Gasteiger partial charge on any atom is -0.355 e. The summed E-state index contributed by atoms with van der Waals surface area (Å²) < 4.78 is 5.24. The van der Waals surface area contributed by atoms with Crippen LogP contribution in [0.2, 0.25) is 0 Å². The summed E-state index contributed by atoms with van der Waals surface area (Å²) in [5, 5.41) is 6.65. The predicted octanol–water partition coefficient (Wildman–Crippen LogP) is -0.197. The maximum atomic E-state index is 11.6. The third kappa shape index (κ3) is 3.51. The SMILES string of the molecule is CCNC(=O)CN1CCN(C)[C@@H](c2nc(C)no2)C1. The zero-order valence-corrected chi connectivity index (χ0v) is 11.7. The number of hydrogen-bond acceptors (Lipinski definition) is 6. The molecule has 1 saturated heterocycles. The molecule has 2 heterocycles. The van der Waals surface area contributed by atoms with E-state index in [0.29, 0.717) is 24.8 Å². The Morgan fingerprint density at radius 2 is 2.32 bits per heavy atom. The van der Waals surface area contributed by atoms with Gasteiger partial charge in [0.1, 0.15) is 6.04 Å².